The zero-order chi connectivity index (χ0) is 12.3. The van der Waals surface area contributed by atoms with Gasteiger partial charge in [0.15, 0.2) is 0 Å². The molecule has 0 aliphatic heterocycles. The molecule has 1 N–H and O–H groups in total. The van der Waals surface area contributed by atoms with Crippen molar-refractivity contribution in [3.63, 3.8) is 0 Å². The Balaban J connectivity index is 2.21. The predicted molar refractivity (Wildman–Crippen MR) is 69.0 cm³/mol. The van der Waals surface area contributed by atoms with Crippen molar-refractivity contribution in [1.29, 1.82) is 0 Å². The largest absolute Gasteiger partial charge is 0.385 e. The summed E-state index contributed by atoms with van der Waals surface area (Å²) in [6.07, 6.45) is 4.01. The second kappa shape index (κ2) is 4.86. The Kier molecular flexibility index (Phi) is 3.46. The van der Waals surface area contributed by atoms with E-state index >= 15 is 0 Å². The van der Waals surface area contributed by atoms with Gasteiger partial charge in [0.1, 0.15) is 0 Å². The molecular formula is C14H14ClNO. The monoisotopic (exact) mass is 247 g/mol. The Morgan fingerprint density at radius 2 is 1.71 bits per heavy atom. The minimum atomic E-state index is -0.897. The molecule has 0 saturated carbocycles. The van der Waals surface area contributed by atoms with Gasteiger partial charge >= 0.3 is 0 Å². The maximum atomic E-state index is 10.5. The van der Waals surface area contributed by atoms with Crippen LogP contribution in [-0.2, 0) is 12.0 Å². The highest BCUT2D eigenvalue weighted by atomic mass is 35.5. The van der Waals surface area contributed by atoms with E-state index in [1.165, 1.54) is 0 Å². The first-order chi connectivity index (χ1) is 8.08. The lowest BCUT2D eigenvalue weighted by Gasteiger charge is -2.24. The highest BCUT2D eigenvalue weighted by molar-refractivity contribution is 6.30. The Labute approximate surface area is 106 Å². The lowest BCUT2D eigenvalue weighted by Crippen LogP contribution is -2.24. The maximum Gasteiger partial charge on any atom is 0.0908 e. The van der Waals surface area contributed by atoms with E-state index in [-0.39, 0.29) is 0 Å². The summed E-state index contributed by atoms with van der Waals surface area (Å²) in [5.41, 5.74) is 1.02. The molecule has 0 aliphatic carbocycles. The van der Waals surface area contributed by atoms with Crippen LogP contribution in [0.1, 0.15) is 18.1 Å². The van der Waals surface area contributed by atoms with Crippen LogP contribution in [0.2, 0.25) is 5.02 Å². The van der Waals surface area contributed by atoms with E-state index in [0.29, 0.717) is 11.4 Å². The molecule has 0 bridgehead atoms. The number of aliphatic hydroxyl groups is 1. The second-order valence-electron chi connectivity index (χ2n) is 4.31. The van der Waals surface area contributed by atoms with E-state index in [2.05, 4.69) is 4.98 Å². The smallest absolute Gasteiger partial charge is 0.0908 e. The van der Waals surface area contributed by atoms with E-state index in [1.807, 2.05) is 24.3 Å². The van der Waals surface area contributed by atoms with E-state index in [1.54, 1.807) is 31.5 Å². The average molecular weight is 248 g/mol. The molecule has 3 heteroatoms. The van der Waals surface area contributed by atoms with Gasteiger partial charge in [-0.05, 0) is 42.3 Å². The van der Waals surface area contributed by atoms with Gasteiger partial charge in [0.05, 0.1) is 5.60 Å². The number of halogens is 1. The Hall–Kier alpha value is -1.38. The van der Waals surface area contributed by atoms with Crippen molar-refractivity contribution in [1.82, 2.24) is 4.98 Å². The van der Waals surface area contributed by atoms with Crippen LogP contribution in [0.15, 0.2) is 48.8 Å². The number of nitrogens with zero attached hydrogens (tertiary/aromatic N) is 1. The zero-order valence-electron chi connectivity index (χ0n) is 9.60. The molecule has 0 spiro atoms. The van der Waals surface area contributed by atoms with Crippen LogP contribution in [-0.4, -0.2) is 10.1 Å². The van der Waals surface area contributed by atoms with Gasteiger partial charge in [-0.3, -0.25) is 4.98 Å². The standard InChI is InChI=1S/C14H14ClNO/c1-14(17,10-11-6-8-16-9-7-11)12-2-4-13(15)5-3-12/h2-9,17H,10H2,1H3/t14-/m0/s1. The molecule has 0 amide bonds. The van der Waals surface area contributed by atoms with Gasteiger partial charge in [0, 0.05) is 23.8 Å². The summed E-state index contributed by atoms with van der Waals surface area (Å²) >= 11 is 5.83. The zero-order valence-corrected chi connectivity index (χ0v) is 10.4. The van der Waals surface area contributed by atoms with Crippen molar-refractivity contribution in [2.24, 2.45) is 0 Å². The lowest BCUT2D eigenvalue weighted by molar-refractivity contribution is 0.0576. The van der Waals surface area contributed by atoms with E-state index in [9.17, 15) is 5.11 Å². The molecule has 2 rings (SSSR count). The first-order valence-corrected chi connectivity index (χ1v) is 5.83. The summed E-state index contributed by atoms with van der Waals surface area (Å²) in [6, 6.07) is 11.1. The van der Waals surface area contributed by atoms with E-state index in [4.69, 9.17) is 11.6 Å². The normalized spacial score (nSPS) is 14.3. The molecule has 17 heavy (non-hydrogen) atoms. The molecule has 1 aromatic carbocycles. The Morgan fingerprint density at radius 3 is 2.29 bits per heavy atom. The molecule has 88 valence electrons. The number of benzene rings is 1. The predicted octanol–water partition coefficient (Wildman–Crippen LogP) is 3.19. The van der Waals surface area contributed by atoms with Crippen molar-refractivity contribution in [2.75, 3.05) is 0 Å². The van der Waals surface area contributed by atoms with Gasteiger partial charge in [-0.2, -0.15) is 0 Å². The number of rotatable bonds is 3. The first-order valence-electron chi connectivity index (χ1n) is 5.45. The molecule has 2 nitrogen and oxygen atoms in total. The number of hydrogen-bond donors (Lipinski definition) is 1. The molecule has 2 aromatic rings. The van der Waals surface area contributed by atoms with Crippen molar-refractivity contribution >= 4 is 11.6 Å². The molecule has 0 unspecified atom stereocenters. The van der Waals surface area contributed by atoms with Crippen LogP contribution in [0.5, 0.6) is 0 Å². The number of pyridine rings is 1. The van der Waals surface area contributed by atoms with Gasteiger partial charge in [0.2, 0.25) is 0 Å². The summed E-state index contributed by atoms with van der Waals surface area (Å²) in [7, 11) is 0. The van der Waals surface area contributed by atoms with Crippen molar-refractivity contribution in [3.8, 4) is 0 Å². The first kappa shape index (κ1) is 12.1. The van der Waals surface area contributed by atoms with Crippen LogP contribution in [0.4, 0.5) is 0 Å². The third kappa shape index (κ3) is 3.05. The summed E-state index contributed by atoms with van der Waals surface area (Å²) < 4.78 is 0. The summed E-state index contributed by atoms with van der Waals surface area (Å²) in [6.45, 7) is 1.80. The molecule has 1 aromatic heterocycles. The molecule has 1 heterocycles. The Bertz CT molecular complexity index is 479. The van der Waals surface area contributed by atoms with Crippen LogP contribution in [0.25, 0.3) is 0 Å². The molecule has 0 aliphatic rings. The van der Waals surface area contributed by atoms with E-state index < -0.39 is 5.60 Å². The van der Waals surface area contributed by atoms with Gasteiger partial charge in [-0.25, -0.2) is 0 Å². The van der Waals surface area contributed by atoms with Crippen LogP contribution in [0, 0.1) is 0 Å². The summed E-state index contributed by atoms with van der Waals surface area (Å²) in [4.78, 5) is 3.96. The third-order valence-electron chi connectivity index (χ3n) is 2.76. The van der Waals surface area contributed by atoms with Gasteiger partial charge in [-0.1, -0.05) is 23.7 Å². The summed E-state index contributed by atoms with van der Waals surface area (Å²) in [5, 5.41) is 11.1. The highest BCUT2D eigenvalue weighted by Gasteiger charge is 2.23. The number of hydrogen-bond acceptors (Lipinski definition) is 2. The second-order valence-corrected chi connectivity index (χ2v) is 4.75. The minimum Gasteiger partial charge on any atom is -0.385 e. The fourth-order valence-corrected chi connectivity index (χ4v) is 1.94. The fraction of sp³-hybridized carbons (Fsp3) is 0.214. The van der Waals surface area contributed by atoms with Gasteiger partial charge in [0.25, 0.3) is 0 Å². The molecule has 0 radical (unpaired) electrons. The van der Waals surface area contributed by atoms with Gasteiger partial charge < -0.3 is 5.11 Å². The van der Waals surface area contributed by atoms with E-state index in [0.717, 1.165) is 11.1 Å². The van der Waals surface area contributed by atoms with Crippen LogP contribution >= 0.6 is 11.6 Å². The van der Waals surface area contributed by atoms with Crippen LogP contribution < -0.4 is 0 Å². The molecule has 0 saturated heterocycles. The summed E-state index contributed by atoms with van der Waals surface area (Å²) in [5.74, 6) is 0. The average Bonchev–Trinajstić information content (AvgIpc) is 2.30. The highest BCUT2D eigenvalue weighted by Crippen LogP contribution is 2.26. The van der Waals surface area contributed by atoms with Crippen molar-refractivity contribution < 1.29 is 5.11 Å². The minimum absolute atomic E-state index is 0.553. The van der Waals surface area contributed by atoms with Crippen molar-refractivity contribution in [3.05, 3.63) is 64.9 Å². The third-order valence-corrected chi connectivity index (χ3v) is 3.02. The molecule has 1 atom stereocenters. The number of aromatic nitrogens is 1. The quantitative estimate of drug-likeness (QED) is 0.904. The maximum absolute atomic E-state index is 10.5. The lowest BCUT2D eigenvalue weighted by atomic mass is 9.89. The Morgan fingerprint density at radius 1 is 1.12 bits per heavy atom. The molecule has 0 fully saturated rings. The van der Waals surface area contributed by atoms with Crippen molar-refractivity contribution in [2.45, 2.75) is 18.9 Å². The fourth-order valence-electron chi connectivity index (χ4n) is 1.81. The van der Waals surface area contributed by atoms with Gasteiger partial charge in [-0.15, -0.1) is 0 Å². The SMILES string of the molecule is C[C@](O)(Cc1ccncc1)c1ccc(Cl)cc1. The topological polar surface area (TPSA) is 33.1 Å². The van der Waals surface area contributed by atoms with Crippen LogP contribution in [0.3, 0.4) is 0 Å². The molecular weight excluding hydrogens is 234 g/mol.